The minimum atomic E-state index is 0.225. The number of hydrogen-bond donors (Lipinski definition) is 0. The van der Waals surface area contributed by atoms with Gasteiger partial charge >= 0.3 is 0 Å². The number of fused-ring (bicyclic) bond motifs is 9. The van der Waals surface area contributed by atoms with Gasteiger partial charge in [-0.05, 0) is 79.9 Å². The maximum Gasteiger partial charge on any atom is 0.135 e. The molecule has 0 atom stereocenters. The summed E-state index contributed by atoms with van der Waals surface area (Å²) in [6, 6.07) is 48.9. The van der Waals surface area contributed by atoms with Crippen LogP contribution in [0.25, 0.3) is 44.2 Å². The van der Waals surface area contributed by atoms with Crippen LogP contribution in [0.15, 0.2) is 138 Å². The quantitative estimate of drug-likeness (QED) is 0.232. The Kier molecular flexibility index (Phi) is 4.23. The van der Waals surface area contributed by atoms with Gasteiger partial charge < -0.3 is 4.42 Å². The maximum atomic E-state index is 6.37. The van der Waals surface area contributed by atoms with Crippen LogP contribution in [0.5, 0.6) is 0 Å². The third-order valence-electron chi connectivity index (χ3n) is 8.85. The zero-order chi connectivity index (χ0) is 25.5. The molecule has 0 saturated carbocycles. The first-order valence-electron chi connectivity index (χ1n) is 13.7. The van der Waals surface area contributed by atoms with Crippen LogP contribution in [0.1, 0.15) is 45.2 Å². The van der Waals surface area contributed by atoms with E-state index in [9.17, 15) is 0 Å². The van der Waals surface area contributed by atoms with E-state index in [4.69, 9.17) is 4.42 Å². The first-order chi connectivity index (χ1) is 19.3. The van der Waals surface area contributed by atoms with Crippen molar-refractivity contribution in [3.8, 4) is 22.3 Å². The summed E-state index contributed by atoms with van der Waals surface area (Å²) in [6.07, 6.45) is 0. The number of rotatable bonds is 2. The number of furan rings is 1. The molecule has 1 heterocycles. The van der Waals surface area contributed by atoms with Crippen molar-refractivity contribution in [1.82, 2.24) is 0 Å². The van der Waals surface area contributed by atoms with Crippen LogP contribution in [-0.4, -0.2) is 0 Å². The lowest BCUT2D eigenvalue weighted by Crippen LogP contribution is -1.99. The van der Waals surface area contributed by atoms with Crippen LogP contribution in [0, 0.1) is 0 Å². The molecule has 9 rings (SSSR count). The first kappa shape index (κ1) is 21.1. The second-order valence-electron chi connectivity index (χ2n) is 10.8. The molecule has 1 nitrogen and oxygen atoms in total. The van der Waals surface area contributed by atoms with Gasteiger partial charge in [-0.15, -0.1) is 0 Å². The molecule has 7 aromatic rings. The van der Waals surface area contributed by atoms with E-state index in [-0.39, 0.29) is 11.8 Å². The van der Waals surface area contributed by atoms with Gasteiger partial charge in [0.15, 0.2) is 0 Å². The van der Waals surface area contributed by atoms with Gasteiger partial charge in [-0.1, -0.05) is 109 Å². The van der Waals surface area contributed by atoms with Crippen molar-refractivity contribution in [3.63, 3.8) is 0 Å². The molecule has 2 aliphatic carbocycles. The summed E-state index contributed by atoms with van der Waals surface area (Å²) in [6.45, 7) is 0. The lowest BCUT2D eigenvalue weighted by Gasteiger charge is -2.15. The molecule has 0 fully saturated rings. The first-order valence-corrected chi connectivity index (χ1v) is 13.7. The van der Waals surface area contributed by atoms with Gasteiger partial charge in [-0.3, -0.25) is 0 Å². The fourth-order valence-electron chi connectivity index (χ4n) is 7.20. The second-order valence-corrected chi connectivity index (χ2v) is 10.8. The van der Waals surface area contributed by atoms with Crippen LogP contribution >= 0.6 is 0 Å². The van der Waals surface area contributed by atoms with Crippen molar-refractivity contribution in [2.24, 2.45) is 0 Å². The molecule has 0 N–H and O–H groups in total. The molecule has 39 heavy (non-hydrogen) atoms. The smallest absolute Gasteiger partial charge is 0.135 e. The third-order valence-corrected chi connectivity index (χ3v) is 8.85. The Bertz CT molecular complexity index is 1850. The molecule has 0 amide bonds. The van der Waals surface area contributed by atoms with Gasteiger partial charge in [0.1, 0.15) is 11.2 Å². The highest BCUT2D eigenvalue weighted by Gasteiger charge is 2.31. The molecule has 2 aliphatic rings. The number of benzene rings is 6. The molecule has 182 valence electrons. The fourth-order valence-corrected chi connectivity index (χ4v) is 7.20. The normalized spacial score (nSPS) is 13.9. The van der Waals surface area contributed by atoms with Crippen LogP contribution in [0.4, 0.5) is 0 Å². The molecule has 0 aliphatic heterocycles. The summed E-state index contributed by atoms with van der Waals surface area (Å²) >= 11 is 0. The van der Waals surface area contributed by atoms with Gasteiger partial charge in [0.25, 0.3) is 0 Å². The molecule has 0 saturated heterocycles. The van der Waals surface area contributed by atoms with Crippen LogP contribution in [0.2, 0.25) is 0 Å². The highest BCUT2D eigenvalue weighted by Crippen LogP contribution is 2.50. The van der Waals surface area contributed by atoms with Crippen molar-refractivity contribution in [1.29, 1.82) is 0 Å². The molecule has 0 unspecified atom stereocenters. The molecule has 0 spiro atoms. The van der Waals surface area contributed by atoms with Gasteiger partial charge in [0.2, 0.25) is 0 Å². The van der Waals surface area contributed by atoms with E-state index in [2.05, 4.69) is 133 Å². The van der Waals surface area contributed by atoms with Gasteiger partial charge in [0.05, 0.1) is 0 Å². The SMILES string of the molecule is c1ccc2c(c1)-c1ccccc1C2c1ccc2oc3ccc(C4c5ccccc5-c5ccccc54)cc3c2c1. The lowest BCUT2D eigenvalue weighted by molar-refractivity contribution is 0.668. The Labute approximate surface area is 227 Å². The molecule has 1 heteroatoms. The fraction of sp³-hybridized carbons (Fsp3) is 0.0526. The Morgan fingerprint density at radius 3 is 1.05 bits per heavy atom. The van der Waals surface area contributed by atoms with Gasteiger partial charge in [-0.25, -0.2) is 0 Å². The Hall–Kier alpha value is -4.88. The summed E-state index contributed by atoms with van der Waals surface area (Å²) in [5.74, 6) is 0.451. The molecular formula is C38H24O. The average Bonchev–Trinajstić information content (AvgIpc) is 3.64. The van der Waals surface area contributed by atoms with E-state index in [0.717, 1.165) is 11.2 Å². The topological polar surface area (TPSA) is 13.1 Å². The molecule has 0 radical (unpaired) electrons. The van der Waals surface area contributed by atoms with Crippen molar-refractivity contribution < 1.29 is 4.42 Å². The zero-order valence-corrected chi connectivity index (χ0v) is 21.3. The summed E-state index contributed by atoms with van der Waals surface area (Å²) in [4.78, 5) is 0. The predicted molar refractivity (Wildman–Crippen MR) is 159 cm³/mol. The zero-order valence-electron chi connectivity index (χ0n) is 21.3. The van der Waals surface area contributed by atoms with E-state index in [1.165, 1.54) is 66.4 Å². The predicted octanol–water partition coefficient (Wildman–Crippen LogP) is 9.91. The Balaban J connectivity index is 1.24. The van der Waals surface area contributed by atoms with Crippen molar-refractivity contribution in [3.05, 3.63) is 167 Å². The standard InChI is InChI=1S/C38H24O/c1-5-13-29-25(9-1)26-10-2-6-14-30(26)37(29)23-17-19-35-33(21-23)34-22-24(18-20-36(34)39-35)38-31-15-7-3-11-27(31)28-12-4-8-16-32(28)38/h1-22,37-38H. The Morgan fingerprint density at radius 1 is 0.359 bits per heavy atom. The highest BCUT2D eigenvalue weighted by atomic mass is 16.3. The highest BCUT2D eigenvalue weighted by molar-refractivity contribution is 6.05. The summed E-state index contributed by atoms with van der Waals surface area (Å²) < 4.78 is 6.37. The monoisotopic (exact) mass is 496 g/mol. The summed E-state index contributed by atoms with van der Waals surface area (Å²) in [5.41, 5.74) is 15.4. The van der Waals surface area contributed by atoms with Crippen LogP contribution in [0.3, 0.4) is 0 Å². The largest absolute Gasteiger partial charge is 0.456 e. The summed E-state index contributed by atoms with van der Waals surface area (Å²) in [5, 5.41) is 2.37. The van der Waals surface area contributed by atoms with Crippen molar-refractivity contribution >= 4 is 21.9 Å². The minimum Gasteiger partial charge on any atom is -0.456 e. The average molecular weight is 497 g/mol. The van der Waals surface area contributed by atoms with E-state index in [1.807, 2.05) is 0 Å². The molecule has 6 aromatic carbocycles. The van der Waals surface area contributed by atoms with E-state index in [1.54, 1.807) is 0 Å². The lowest BCUT2D eigenvalue weighted by atomic mass is 9.87. The second kappa shape index (κ2) is 7.82. The van der Waals surface area contributed by atoms with Crippen LogP contribution in [-0.2, 0) is 0 Å². The Morgan fingerprint density at radius 2 is 0.692 bits per heavy atom. The summed E-state index contributed by atoms with van der Waals surface area (Å²) in [7, 11) is 0. The van der Waals surface area contributed by atoms with Crippen molar-refractivity contribution in [2.45, 2.75) is 11.8 Å². The van der Waals surface area contributed by atoms with E-state index < -0.39 is 0 Å². The molecule has 1 aromatic heterocycles. The maximum absolute atomic E-state index is 6.37. The third kappa shape index (κ3) is 2.90. The number of hydrogen-bond acceptors (Lipinski definition) is 1. The van der Waals surface area contributed by atoms with E-state index >= 15 is 0 Å². The van der Waals surface area contributed by atoms with Crippen LogP contribution < -0.4 is 0 Å². The van der Waals surface area contributed by atoms with Gasteiger partial charge in [-0.2, -0.15) is 0 Å². The van der Waals surface area contributed by atoms with Crippen molar-refractivity contribution in [2.75, 3.05) is 0 Å². The minimum absolute atomic E-state index is 0.225. The molecule has 0 bridgehead atoms. The van der Waals surface area contributed by atoms with Gasteiger partial charge in [0, 0.05) is 22.6 Å². The van der Waals surface area contributed by atoms with E-state index in [0.29, 0.717) is 0 Å². The molecular weight excluding hydrogens is 472 g/mol.